The monoisotopic (exact) mass is 276 g/mol. The van der Waals surface area contributed by atoms with E-state index in [9.17, 15) is 0 Å². The van der Waals surface area contributed by atoms with Gasteiger partial charge in [-0.05, 0) is 56.7 Å². The van der Waals surface area contributed by atoms with Gasteiger partial charge in [-0.25, -0.2) is 0 Å². The molecule has 2 atom stereocenters. The van der Waals surface area contributed by atoms with Crippen LogP contribution >= 0.6 is 11.8 Å². The lowest BCUT2D eigenvalue weighted by atomic mass is 9.96. The number of rotatable bonds is 4. The summed E-state index contributed by atoms with van der Waals surface area (Å²) in [5, 5.41) is 3.65. The van der Waals surface area contributed by atoms with Crippen molar-refractivity contribution in [1.82, 2.24) is 5.32 Å². The molecular weight excluding hydrogens is 252 g/mol. The Balaban J connectivity index is 1.79. The second-order valence-electron chi connectivity index (χ2n) is 5.72. The maximum absolute atomic E-state index is 3.65. The Hall–Kier alpha value is -0.670. The van der Waals surface area contributed by atoms with E-state index in [0.717, 1.165) is 24.7 Å². The Bertz CT molecular complexity index is 421. The van der Waals surface area contributed by atoms with Gasteiger partial charge in [-0.2, -0.15) is 0 Å². The first-order valence-corrected chi connectivity index (χ1v) is 8.70. The van der Waals surface area contributed by atoms with Gasteiger partial charge >= 0.3 is 0 Å². The summed E-state index contributed by atoms with van der Waals surface area (Å²) in [6.07, 6.45) is 7.53. The molecule has 0 radical (unpaired) electrons. The topological polar surface area (TPSA) is 15.3 Å². The van der Waals surface area contributed by atoms with Crippen LogP contribution in [0.5, 0.6) is 0 Å². The van der Waals surface area contributed by atoms with E-state index in [4.69, 9.17) is 0 Å². The summed E-state index contributed by atoms with van der Waals surface area (Å²) in [6.45, 7) is 3.32. The molecule has 1 aromatic carbocycles. The maximum atomic E-state index is 3.65. The normalized spacial score (nSPS) is 29.8. The average molecular weight is 276 g/mol. The number of fused-ring (bicyclic) bond motifs is 2. The van der Waals surface area contributed by atoms with Crippen molar-refractivity contribution >= 4 is 17.4 Å². The van der Waals surface area contributed by atoms with Crippen LogP contribution in [0.15, 0.2) is 29.2 Å². The smallest absolute Gasteiger partial charge is 0.0382 e. The van der Waals surface area contributed by atoms with Crippen LogP contribution in [-0.2, 0) is 0 Å². The molecule has 104 valence electrons. The fraction of sp³-hybridized carbons (Fsp3) is 0.625. The van der Waals surface area contributed by atoms with Gasteiger partial charge in [-0.15, -0.1) is 11.8 Å². The molecule has 0 saturated carbocycles. The lowest BCUT2D eigenvalue weighted by Gasteiger charge is -2.41. The maximum Gasteiger partial charge on any atom is 0.0382 e. The summed E-state index contributed by atoms with van der Waals surface area (Å²) in [4.78, 5) is 4.08. The second-order valence-corrected chi connectivity index (χ2v) is 6.60. The van der Waals surface area contributed by atoms with Crippen molar-refractivity contribution in [3.05, 3.63) is 24.3 Å². The van der Waals surface area contributed by atoms with Crippen molar-refractivity contribution in [2.45, 2.75) is 55.6 Å². The third-order valence-corrected chi connectivity index (χ3v) is 5.30. The highest BCUT2D eigenvalue weighted by atomic mass is 32.2. The molecule has 0 aliphatic carbocycles. The molecule has 19 heavy (non-hydrogen) atoms. The molecule has 2 heterocycles. The molecule has 2 saturated heterocycles. The fourth-order valence-corrected chi connectivity index (χ4v) is 4.28. The minimum absolute atomic E-state index is 0.738. The Labute approximate surface area is 121 Å². The summed E-state index contributed by atoms with van der Waals surface area (Å²) >= 11 is 1.84. The van der Waals surface area contributed by atoms with Crippen molar-refractivity contribution in [2.24, 2.45) is 0 Å². The van der Waals surface area contributed by atoms with Crippen molar-refractivity contribution < 1.29 is 0 Å². The molecule has 1 aromatic rings. The highest BCUT2D eigenvalue weighted by Gasteiger charge is 2.40. The Kier molecular flexibility index (Phi) is 4.04. The fourth-order valence-electron chi connectivity index (χ4n) is 3.83. The molecule has 3 heteroatoms. The number of hydrogen-bond donors (Lipinski definition) is 1. The third-order valence-electron chi connectivity index (χ3n) is 4.58. The lowest BCUT2D eigenvalue weighted by Crippen LogP contribution is -2.49. The number of piperidine rings is 1. The van der Waals surface area contributed by atoms with Gasteiger partial charge in [0.25, 0.3) is 0 Å². The van der Waals surface area contributed by atoms with Crippen LogP contribution in [0.25, 0.3) is 0 Å². The number of hydrogen-bond acceptors (Lipinski definition) is 3. The van der Waals surface area contributed by atoms with Gasteiger partial charge in [-0.3, -0.25) is 0 Å². The van der Waals surface area contributed by atoms with Gasteiger partial charge in [0.05, 0.1) is 0 Å². The molecule has 2 aliphatic rings. The predicted molar refractivity (Wildman–Crippen MR) is 84.2 cm³/mol. The van der Waals surface area contributed by atoms with Crippen LogP contribution in [0, 0.1) is 0 Å². The first-order chi connectivity index (χ1) is 9.31. The molecule has 2 nitrogen and oxygen atoms in total. The standard InChI is InChI=1S/C16H24N2S/c1-3-17-12-9-14-7-8-15(10-12)18(14)13-5-4-6-16(11-13)19-2/h4-6,11-12,14-15,17H,3,7-10H2,1-2H3. The zero-order valence-electron chi connectivity index (χ0n) is 11.9. The van der Waals surface area contributed by atoms with Crippen LogP contribution in [0.4, 0.5) is 5.69 Å². The molecule has 2 unspecified atom stereocenters. The van der Waals surface area contributed by atoms with E-state index in [1.165, 1.54) is 36.3 Å². The summed E-state index contributed by atoms with van der Waals surface area (Å²) in [5.74, 6) is 0. The van der Waals surface area contributed by atoms with Crippen LogP contribution < -0.4 is 10.2 Å². The largest absolute Gasteiger partial charge is 0.365 e. The van der Waals surface area contributed by atoms with E-state index >= 15 is 0 Å². The van der Waals surface area contributed by atoms with Crippen molar-refractivity contribution in [2.75, 3.05) is 17.7 Å². The zero-order chi connectivity index (χ0) is 13.2. The molecule has 0 amide bonds. The van der Waals surface area contributed by atoms with Gasteiger partial charge < -0.3 is 10.2 Å². The minimum atomic E-state index is 0.738. The van der Waals surface area contributed by atoms with E-state index < -0.39 is 0 Å². The molecular formula is C16H24N2S. The summed E-state index contributed by atoms with van der Waals surface area (Å²) in [5.41, 5.74) is 1.44. The number of benzene rings is 1. The van der Waals surface area contributed by atoms with Crippen LogP contribution in [0.3, 0.4) is 0 Å². The van der Waals surface area contributed by atoms with Gasteiger partial charge in [-0.1, -0.05) is 13.0 Å². The summed E-state index contributed by atoms with van der Waals surface area (Å²) in [6, 6.07) is 11.3. The van der Waals surface area contributed by atoms with E-state index in [1.807, 2.05) is 11.8 Å². The van der Waals surface area contributed by atoms with E-state index in [1.54, 1.807) is 0 Å². The first kappa shape index (κ1) is 13.3. The average Bonchev–Trinajstić information content (AvgIpc) is 2.71. The zero-order valence-corrected chi connectivity index (χ0v) is 12.7. The van der Waals surface area contributed by atoms with E-state index in [0.29, 0.717) is 0 Å². The summed E-state index contributed by atoms with van der Waals surface area (Å²) in [7, 11) is 0. The van der Waals surface area contributed by atoms with Gasteiger partial charge in [0.15, 0.2) is 0 Å². The third kappa shape index (κ3) is 2.63. The number of nitrogens with zero attached hydrogens (tertiary/aromatic N) is 1. The Morgan fingerprint density at radius 1 is 1.26 bits per heavy atom. The number of nitrogens with one attached hydrogen (secondary N) is 1. The van der Waals surface area contributed by atoms with Crippen LogP contribution in [0.1, 0.15) is 32.6 Å². The highest BCUT2D eigenvalue weighted by molar-refractivity contribution is 7.98. The highest BCUT2D eigenvalue weighted by Crippen LogP contribution is 2.40. The van der Waals surface area contributed by atoms with E-state index in [2.05, 4.69) is 47.7 Å². The van der Waals surface area contributed by atoms with Crippen molar-refractivity contribution in [1.29, 1.82) is 0 Å². The molecule has 3 rings (SSSR count). The van der Waals surface area contributed by atoms with Gasteiger partial charge in [0, 0.05) is 28.7 Å². The van der Waals surface area contributed by atoms with Crippen LogP contribution in [0.2, 0.25) is 0 Å². The second kappa shape index (κ2) is 5.76. The Morgan fingerprint density at radius 2 is 2.00 bits per heavy atom. The summed E-state index contributed by atoms with van der Waals surface area (Å²) < 4.78 is 0. The van der Waals surface area contributed by atoms with Crippen LogP contribution in [-0.4, -0.2) is 30.9 Å². The number of thioether (sulfide) groups is 1. The van der Waals surface area contributed by atoms with Crippen molar-refractivity contribution in [3.63, 3.8) is 0 Å². The molecule has 2 fully saturated rings. The predicted octanol–water partition coefficient (Wildman–Crippen LogP) is 3.52. The first-order valence-electron chi connectivity index (χ1n) is 7.47. The molecule has 1 N–H and O–H groups in total. The molecule has 0 aromatic heterocycles. The quantitative estimate of drug-likeness (QED) is 0.847. The SMILES string of the molecule is CCNC1CC2CCC(C1)N2c1cccc(SC)c1. The molecule has 2 aliphatic heterocycles. The minimum Gasteiger partial charge on any atom is -0.365 e. The molecule has 0 spiro atoms. The lowest BCUT2D eigenvalue weighted by molar-refractivity contribution is 0.361. The Morgan fingerprint density at radius 3 is 2.63 bits per heavy atom. The van der Waals surface area contributed by atoms with Gasteiger partial charge in [0.1, 0.15) is 0 Å². The number of anilines is 1. The molecule has 2 bridgehead atoms. The van der Waals surface area contributed by atoms with Crippen molar-refractivity contribution in [3.8, 4) is 0 Å². The van der Waals surface area contributed by atoms with E-state index in [-0.39, 0.29) is 0 Å². The van der Waals surface area contributed by atoms with Gasteiger partial charge in [0.2, 0.25) is 0 Å².